The molecule has 0 spiro atoms. The minimum Gasteiger partial charge on any atom is -0.381 e. The van der Waals surface area contributed by atoms with Crippen molar-refractivity contribution < 1.29 is 4.79 Å². The summed E-state index contributed by atoms with van der Waals surface area (Å²) in [5, 5.41) is 3.41. The Kier molecular flexibility index (Phi) is 5.09. The van der Waals surface area contributed by atoms with Gasteiger partial charge in [0.1, 0.15) is 0 Å². The number of amides is 1. The van der Waals surface area contributed by atoms with Gasteiger partial charge in [-0.05, 0) is 40.8 Å². The largest absolute Gasteiger partial charge is 0.381 e. The molecule has 0 heterocycles. The van der Waals surface area contributed by atoms with E-state index in [0.29, 0.717) is 6.54 Å². The second-order valence-corrected chi connectivity index (χ2v) is 7.08. The summed E-state index contributed by atoms with van der Waals surface area (Å²) in [5.74, 6) is 0.0291. The Morgan fingerprint density at radius 3 is 2.26 bits per heavy atom. The summed E-state index contributed by atoms with van der Waals surface area (Å²) in [7, 11) is 3.54. The van der Waals surface area contributed by atoms with Gasteiger partial charge in [-0.1, -0.05) is 45.0 Å². The second-order valence-electron chi connectivity index (χ2n) is 7.08. The maximum absolute atomic E-state index is 12.0. The SMILES string of the molecule is CN(C)C(=O)c1cccc(CNc2ccc(C(C)(C)C)cc2)c1. The quantitative estimate of drug-likeness (QED) is 0.913. The molecule has 0 aliphatic heterocycles. The Hall–Kier alpha value is -2.29. The number of benzene rings is 2. The Morgan fingerprint density at radius 1 is 1.04 bits per heavy atom. The van der Waals surface area contributed by atoms with Crippen LogP contribution in [0.4, 0.5) is 5.69 Å². The predicted octanol–water partition coefficient (Wildman–Crippen LogP) is 4.30. The van der Waals surface area contributed by atoms with Gasteiger partial charge in [-0.2, -0.15) is 0 Å². The molecule has 0 radical (unpaired) electrons. The molecule has 0 atom stereocenters. The van der Waals surface area contributed by atoms with Crippen molar-refractivity contribution in [3.63, 3.8) is 0 Å². The van der Waals surface area contributed by atoms with Gasteiger partial charge < -0.3 is 10.2 Å². The van der Waals surface area contributed by atoms with E-state index in [0.717, 1.165) is 16.8 Å². The molecule has 0 fully saturated rings. The first kappa shape index (κ1) is 17.1. The van der Waals surface area contributed by atoms with Gasteiger partial charge in [-0.3, -0.25) is 4.79 Å². The first-order valence-corrected chi connectivity index (χ1v) is 7.92. The Bertz CT molecular complexity index is 667. The van der Waals surface area contributed by atoms with Crippen molar-refractivity contribution in [1.29, 1.82) is 0 Å². The van der Waals surface area contributed by atoms with Crippen molar-refractivity contribution in [3.05, 3.63) is 65.2 Å². The lowest BCUT2D eigenvalue weighted by Crippen LogP contribution is -2.21. The van der Waals surface area contributed by atoms with E-state index in [1.807, 2.05) is 24.3 Å². The fourth-order valence-corrected chi connectivity index (χ4v) is 2.36. The molecule has 0 aromatic heterocycles. The fraction of sp³-hybridized carbons (Fsp3) is 0.350. The van der Waals surface area contributed by atoms with E-state index in [2.05, 4.69) is 50.4 Å². The number of hydrogen-bond donors (Lipinski definition) is 1. The van der Waals surface area contributed by atoms with E-state index >= 15 is 0 Å². The van der Waals surface area contributed by atoms with Crippen LogP contribution in [0.3, 0.4) is 0 Å². The third-order valence-electron chi connectivity index (χ3n) is 3.83. The summed E-state index contributed by atoms with van der Waals surface area (Å²) in [4.78, 5) is 13.6. The lowest BCUT2D eigenvalue weighted by Gasteiger charge is -2.19. The number of carbonyl (C=O) groups excluding carboxylic acids is 1. The molecule has 0 bridgehead atoms. The average molecular weight is 310 g/mol. The zero-order chi connectivity index (χ0) is 17.0. The summed E-state index contributed by atoms with van der Waals surface area (Å²) >= 11 is 0. The van der Waals surface area contributed by atoms with Crippen LogP contribution in [0.15, 0.2) is 48.5 Å². The van der Waals surface area contributed by atoms with Crippen molar-refractivity contribution in [1.82, 2.24) is 4.90 Å². The van der Waals surface area contributed by atoms with E-state index in [1.165, 1.54) is 5.56 Å². The molecule has 2 rings (SSSR count). The molecular formula is C20H26N2O. The van der Waals surface area contributed by atoms with Gasteiger partial charge >= 0.3 is 0 Å². The van der Waals surface area contributed by atoms with Gasteiger partial charge in [0.15, 0.2) is 0 Å². The van der Waals surface area contributed by atoms with Crippen LogP contribution >= 0.6 is 0 Å². The number of anilines is 1. The van der Waals surface area contributed by atoms with Crippen molar-refractivity contribution in [2.75, 3.05) is 19.4 Å². The van der Waals surface area contributed by atoms with Crippen LogP contribution in [0.25, 0.3) is 0 Å². The van der Waals surface area contributed by atoms with Crippen LogP contribution in [0.2, 0.25) is 0 Å². The number of nitrogens with zero attached hydrogens (tertiary/aromatic N) is 1. The molecule has 0 saturated carbocycles. The van der Waals surface area contributed by atoms with E-state index < -0.39 is 0 Å². The third-order valence-corrected chi connectivity index (χ3v) is 3.83. The number of nitrogens with one attached hydrogen (secondary N) is 1. The van der Waals surface area contributed by atoms with E-state index in [4.69, 9.17) is 0 Å². The van der Waals surface area contributed by atoms with E-state index in [1.54, 1.807) is 19.0 Å². The lowest BCUT2D eigenvalue weighted by molar-refractivity contribution is 0.0827. The smallest absolute Gasteiger partial charge is 0.253 e. The van der Waals surface area contributed by atoms with E-state index in [-0.39, 0.29) is 11.3 Å². The zero-order valence-electron chi connectivity index (χ0n) is 14.7. The fourth-order valence-electron chi connectivity index (χ4n) is 2.36. The molecule has 2 aromatic carbocycles. The molecule has 0 saturated heterocycles. The van der Waals surface area contributed by atoms with Gasteiger partial charge in [0.05, 0.1) is 0 Å². The highest BCUT2D eigenvalue weighted by atomic mass is 16.2. The first-order valence-electron chi connectivity index (χ1n) is 7.92. The van der Waals surface area contributed by atoms with Crippen molar-refractivity contribution >= 4 is 11.6 Å². The lowest BCUT2D eigenvalue weighted by atomic mass is 9.87. The maximum atomic E-state index is 12.0. The number of rotatable bonds is 4. The predicted molar refractivity (Wildman–Crippen MR) is 96.9 cm³/mol. The van der Waals surface area contributed by atoms with Crippen LogP contribution in [0.1, 0.15) is 42.3 Å². The van der Waals surface area contributed by atoms with Crippen LogP contribution < -0.4 is 5.32 Å². The van der Waals surface area contributed by atoms with Gasteiger partial charge in [0.2, 0.25) is 0 Å². The van der Waals surface area contributed by atoms with Crippen molar-refractivity contribution in [3.8, 4) is 0 Å². The Balaban J connectivity index is 2.04. The molecule has 0 aliphatic carbocycles. The molecule has 2 aromatic rings. The summed E-state index contributed by atoms with van der Waals surface area (Å²) in [6.07, 6.45) is 0. The zero-order valence-corrected chi connectivity index (χ0v) is 14.7. The highest BCUT2D eigenvalue weighted by molar-refractivity contribution is 5.94. The molecule has 3 heteroatoms. The maximum Gasteiger partial charge on any atom is 0.253 e. The van der Waals surface area contributed by atoms with Gasteiger partial charge in [0, 0.05) is 31.9 Å². The standard InChI is InChI=1S/C20H26N2O/c1-20(2,3)17-9-11-18(12-10-17)21-14-15-7-6-8-16(13-15)19(23)22(4)5/h6-13,21H,14H2,1-5H3. The summed E-state index contributed by atoms with van der Waals surface area (Å²) in [5.41, 5.74) is 4.39. The Morgan fingerprint density at radius 2 is 1.70 bits per heavy atom. The number of carbonyl (C=O) groups is 1. The normalized spacial score (nSPS) is 11.2. The molecule has 1 N–H and O–H groups in total. The molecule has 0 aliphatic rings. The molecule has 122 valence electrons. The van der Waals surface area contributed by atoms with Gasteiger partial charge in [0.25, 0.3) is 5.91 Å². The van der Waals surface area contributed by atoms with Crippen molar-refractivity contribution in [2.45, 2.75) is 32.7 Å². The highest BCUT2D eigenvalue weighted by Gasteiger charge is 2.12. The van der Waals surface area contributed by atoms with Crippen LogP contribution in [0, 0.1) is 0 Å². The van der Waals surface area contributed by atoms with E-state index in [9.17, 15) is 4.79 Å². The second kappa shape index (κ2) is 6.86. The minimum atomic E-state index is 0.0291. The molecular weight excluding hydrogens is 284 g/mol. The van der Waals surface area contributed by atoms with Crippen LogP contribution in [-0.2, 0) is 12.0 Å². The average Bonchev–Trinajstić information content (AvgIpc) is 2.52. The topological polar surface area (TPSA) is 32.3 Å². The molecule has 0 unspecified atom stereocenters. The molecule has 1 amide bonds. The molecule has 23 heavy (non-hydrogen) atoms. The number of hydrogen-bond acceptors (Lipinski definition) is 2. The van der Waals surface area contributed by atoms with Crippen LogP contribution in [-0.4, -0.2) is 24.9 Å². The molecule has 3 nitrogen and oxygen atoms in total. The Labute approximate surface area is 139 Å². The van der Waals surface area contributed by atoms with Crippen molar-refractivity contribution in [2.24, 2.45) is 0 Å². The summed E-state index contributed by atoms with van der Waals surface area (Å²) in [6, 6.07) is 16.3. The van der Waals surface area contributed by atoms with Crippen LogP contribution in [0.5, 0.6) is 0 Å². The summed E-state index contributed by atoms with van der Waals surface area (Å²) < 4.78 is 0. The third kappa shape index (κ3) is 4.59. The van der Waals surface area contributed by atoms with Gasteiger partial charge in [-0.15, -0.1) is 0 Å². The monoisotopic (exact) mass is 310 g/mol. The highest BCUT2D eigenvalue weighted by Crippen LogP contribution is 2.23. The minimum absolute atomic E-state index is 0.0291. The van der Waals surface area contributed by atoms with Gasteiger partial charge in [-0.25, -0.2) is 0 Å². The summed E-state index contributed by atoms with van der Waals surface area (Å²) in [6.45, 7) is 7.33. The first-order chi connectivity index (χ1) is 10.8.